The van der Waals surface area contributed by atoms with Crippen molar-refractivity contribution < 1.29 is 0 Å². The highest BCUT2D eigenvalue weighted by molar-refractivity contribution is 7.99. The van der Waals surface area contributed by atoms with Gasteiger partial charge in [-0.1, -0.05) is 49.9 Å². The van der Waals surface area contributed by atoms with Crippen molar-refractivity contribution in [1.82, 2.24) is 9.97 Å². The van der Waals surface area contributed by atoms with Gasteiger partial charge in [0.05, 0.1) is 0 Å². The van der Waals surface area contributed by atoms with Gasteiger partial charge in [-0.25, -0.2) is 4.98 Å². The van der Waals surface area contributed by atoms with E-state index >= 15 is 0 Å². The lowest BCUT2D eigenvalue weighted by Gasteiger charge is -2.13. The molecule has 106 valence electrons. The third-order valence-electron chi connectivity index (χ3n) is 3.08. The van der Waals surface area contributed by atoms with Crippen molar-refractivity contribution in [1.29, 1.82) is 0 Å². The zero-order chi connectivity index (χ0) is 14.5. The van der Waals surface area contributed by atoms with Gasteiger partial charge >= 0.3 is 0 Å². The average molecular weight is 289 g/mol. The Bertz CT molecular complexity index is 607. The van der Waals surface area contributed by atoms with Gasteiger partial charge in [0.25, 0.3) is 5.56 Å². The summed E-state index contributed by atoms with van der Waals surface area (Å²) in [6, 6.07) is 9.70. The van der Waals surface area contributed by atoms with Crippen LogP contribution in [0.4, 0.5) is 0 Å². The Morgan fingerprint density at radius 1 is 1.20 bits per heavy atom. The molecule has 0 aliphatic rings. The maximum Gasteiger partial charge on any atom is 0.251 e. The highest BCUT2D eigenvalue weighted by Crippen LogP contribution is 2.22. The van der Waals surface area contributed by atoms with Crippen molar-refractivity contribution in [2.75, 3.05) is 5.75 Å². The van der Waals surface area contributed by atoms with Crippen LogP contribution in [-0.2, 0) is 0 Å². The lowest BCUT2D eigenvalue weighted by Crippen LogP contribution is -2.14. The third kappa shape index (κ3) is 3.95. The Kier molecular flexibility index (Phi) is 4.98. The minimum absolute atomic E-state index is 0.0771. The Morgan fingerprint density at radius 3 is 2.45 bits per heavy atom. The number of aromatic amines is 1. The normalized spacial score (nSPS) is 12.6. The lowest BCUT2D eigenvalue weighted by molar-refractivity contribution is 0.817. The predicted octanol–water partition coefficient (Wildman–Crippen LogP) is 2.69. The van der Waals surface area contributed by atoms with E-state index in [-0.39, 0.29) is 11.6 Å². The van der Waals surface area contributed by atoms with E-state index in [1.54, 1.807) is 0 Å². The Hall–Kier alpha value is -1.59. The van der Waals surface area contributed by atoms with Crippen LogP contribution in [0.25, 0.3) is 0 Å². The second-order valence-corrected chi connectivity index (χ2v) is 5.99. The highest BCUT2D eigenvalue weighted by Gasteiger charge is 2.08. The zero-order valence-electron chi connectivity index (χ0n) is 11.7. The molecule has 20 heavy (non-hydrogen) atoms. The summed E-state index contributed by atoms with van der Waals surface area (Å²) >= 11 is 1.46. The molecule has 0 aliphatic heterocycles. The van der Waals surface area contributed by atoms with Crippen LogP contribution in [0.3, 0.4) is 0 Å². The minimum atomic E-state index is -0.141. The SMILES string of the molecule is CC(C)c1ccc(C(N)CSc2nccc(=O)[nH]2)cc1. The molecule has 0 saturated carbocycles. The molecule has 5 heteroatoms. The van der Waals surface area contributed by atoms with E-state index < -0.39 is 0 Å². The van der Waals surface area contributed by atoms with Gasteiger partial charge in [0.15, 0.2) is 5.16 Å². The van der Waals surface area contributed by atoms with E-state index in [2.05, 4.69) is 48.1 Å². The number of benzene rings is 1. The molecule has 0 amide bonds. The smallest absolute Gasteiger partial charge is 0.251 e. The standard InChI is InChI=1S/C15H19N3OS/c1-10(2)11-3-5-12(6-4-11)13(16)9-20-15-17-8-7-14(19)18-15/h3-8,10,13H,9,16H2,1-2H3,(H,17,18,19). The number of nitrogens with two attached hydrogens (primary N) is 1. The van der Waals surface area contributed by atoms with Crippen molar-refractivity contribution >= 4 is 11.8 Å². The summed E-state index contributed by atoms with van der Waals surface area (Å²) in [4.78, 5) is 17.9. The summed E-state index contributed by atoms with van der Waals surface area (Å²) in [5.74, 6) is 1.20. The number of nitrogens with zero attached hydrogens (tertiary/aromatic N) is 1. The van der Waals surface area contributed by atoms with Crippen LogP contribution < -0.4 is 11.3 Å². The van der Waals surface area contributed by atoms with E-state index in [0.717, 1.165) is 5.56 Å². The molecule has 2 aromatic rings. The molecule has 1 atom stereocenters. The summed E-state index contributed by atoms with van der Waals surface area (Å²) < 4.78 is 0. The van der Waals surface area contributed by atoms with Gasteiger partial charge in [-0.15, -0.1) is 0 Å². The summed E-state index contributed by atoms with van der Waals surface area (Å²) in [5, 5.41) is 0.603. The first kappa shape index (κ1) is 14.8. The Balaban J connectivity index is 1.97. The van der Waals surface area contributed by atoms with Crippen LogP contribution >= 0.6 is 11.8 Å². The summed E-state index contributed by atoms with van der Waals surface area (Å²) in [5.41, 5.74) is 8.43. The maximum atomic E-state index is 11.2. The number of hydrogen-bond acceptors (Lipinski definition) is 4. The van der Waals surface area contributed by atoms with Crippen molar-refractivity contribution in [3.8, 4) is 0 Å². The molecule has 3 N–H and O–H groups in total. The number of H-pyrrole nitrogens is 1. The van der Waals surface area contributed by atoms with Crippen LogP contribution in [0.5, 0.6) is 0 Å². The molecule has 0 bridgehead atoms. The second-order valence-electron chi connectivity index (χ2n) is 4.98. The summed E-state index contributed by atoms with van der Waals surface area (Å²) in [6.07, 6.45) is 1.50. The maximum absolute atomic E-state index is 11.2. The van der Waals surface area contributed by atoms with Gasteiger partial charge in [-0.3, -0.25) is 4.79 Å². The molecule has 1 aromatic heterocycles. The third-order valence-corrected chi connectivity index (χ3v) is 4.09. The quantitative estimate of drug-likeness (QED) is 0.656. The number of rotatable bonds is 5. The number of thioether (sulfide) groups is 1. The molecule has 0 saturated heterocycles. The number of nitrogens with one attached hydrogen (secondary N) is 1. The van der Waals surface area contributed by atoms with E-state index in [0.29, 0.717) is 16.8 Å². The lowest BCUT2D eigenvalue weighted by atomic mass is 10.00. The first-order valence-electron chi connectivity index (χ1n) is 6.60. The molecule has 0 fully saturated rings. The van der Waals surface area contributed by atoms with Gasteiger partial charge in [0, 0.05) is 24.1 Å². The molecule has 0 spiro atoms. The van der Waals surface area contributed by atoms with Crippen molar-refractivity contribution in [2.24, 2.45) is 5.73 Å². The fourth-order valence-electron chi connectivity index (χ4n) is 1.82. The van der Waals surface area contributed by atoms with Gasteiger partial charge in [0.1, 0.15) is 0 Å². The Morgan fingerprint density at radius 2 is 1.85 bits per heavy atom. The molecule has 2 rings (SSSR count). The van der Waals surface area contributed by atoms with Crippen LogP contribution in [0.1, 0.15) is 36.9 Å². The van der Waals surface area contributed by atoms with E-state index in [1.807, 2.05) is 0 Å². The van der Waals surface area contributed by atoms with E-state index in [4.69, 9.17) is 5.73 Å². The zero-order valence-corrected chi connectivity index (χ0v) is 12.5. The first-order valence-corrected chi connectivity index (χ1v) is 7.58. The average Bonchev–Trinajstić information content (AvgIpc) is 2.45. The van der Waals surface area contributed by atoms with Crippen LogP contribution in [0.15, 0.2) is 46.5 Å². The molecule has 1 unspecified atom stereocenters. The van der Waals surface area contributed by atoms with E-state index in [9.17, 15) is 4.79 Å². The molecule has 4 nitrogen and oxygen atoms in total. The van der Waals surface area contributed by atoms with Crippen molar-refractivity contribution in [3.05, 3.63) is 58.0 Å². The highest BCUT2D eigenvalue weighted by atomic mass is 32.2. The van der Waals surface area contributed by atoms with Crippen molar-refractivity contribution in [2.45, 2.75) is 31.0 Å². The fraction of sp³-hybridized carbons (Fsp3) is 0.333. The van der Waals surface area contributed by atoms with Gasteiger partial charge < -0.3 is 10.7 Å². The molecular weight excluding hydrogens is 270 g/mol. The first-order chi connectivity index (χ1) is 9.56. The largest absolute Gasteiger partial charge is 0.323 e. The molecule has 0 radical (unpaired) electrons. The van der Waals surface area contributed by atoms with Gasteiger partial charge in [-0.05, 0) is 17.0 Å². The van der Waals surface area contributed by atoms with Gasteiger partial charge in [0.2, 0.25) is 0 Å². The topological polar surface area (TPSA) is 71.8 Å². The van der Waals surface area contributed by atoms with E-state index in [1.165, 1.54) is 29.6 Å². The molecule has 0 aliphatic carbocycles. The molecular formula is C15H19N3OS. The van der Waals surface area contributed by atoms with Crippen LogP contribution in [0, 0.1) is 0 Å². The van der Waals surface area contributed by atoms with Crippen LogP contribution in [0.2, 0.25) is 0 Å². The monoisotopic (exact) mass is 289 g/mol. The minimum Gasteiger partial charge on any atom is -0.323 e. The Labute approximate surface area is 122 Å². The predicted molar refractivity (Wildman–Crippen MR) is 83.0 cm³/mol. The molecule has 1 aromatic carbocycles. The number of hydrogen-bond donors (Lipinski definition) is 2. The fourth-order valence-corrected chi connectivity index (χ4v) is 2.66. The summed E-state index contributed by atoms with van der Waals surface area (Å²) in [7, 11) is 0. The van der Waals surface area contributed by atoms with Crippen molar-refractivity contribution in [3.63, 3.8) is 0 Å². The van der Waals surface area contributed by atoms with Crippen LogP contribution in [-0.4, -0.2) is 15.7 Å². The van der Waals surface area contributed by atoms with Gasteiger partial charge in [-0.2, -0.15) is 0 Å². The second kappa shape index (κ2) is 6.72. The molecule has 1 heterocycles. The summed E-state index contributed by atoms with van der Waals surface area (Å²) in [6.45, 7) is 4.34. The number of aromatic nitrogens is 2.